The topological polar surface area (TPSA) is 181 Å². The fourth-order valence-corrected chi connectivity index (χ4v) is 4.34. The largest absolute Gasteiger partial charge is 0.506 e. The number of carbonyl (C=O) groups is 1. The van der Waals surface area contributed by atoms with Crippen LogP contribution < -0.4 is 16.5 Å². The number of rotatable bonds is 8. The van der Waals surface area contributed by atoms with Crippen LogP contribution >= 0.6 is 23.6 Å². The summed E-state index contributed by atoms with van der Waals surface area (Å²) < 4.78 is 0. The molecule has 3 rings (SSSR count). The van der Waals surface area contributed by atoms with Gasteiger partial charge < -0.3 is 36.6 Å². The third-order valence-electron chi connectivity index (χ3n) is 5.80. The fourth-order valence-electron chi connectivity index (χ4n) is 3.17. The summed E-state index contributed by atoms with van der Waals surface area (Å²) in [4.78, 5) is 11.9. The predicted molar refractivity (Wildman–Crippen MR) is 163 cm³/mol. The van der Waals surface area contributed by atoms with Gasteiger partial charge in [0.05, 0.1) is 47.1 Å². The maximum atomic E-state index is 11.1. The van der Waals surface area contributed by atoms with Crippen LogP contribution in [0, 0.1) is 0 Å². The van der Waals surface area contributed by atoms with Crippen LogP contribution in [0.2, 0.25) is 0 Å². The SMILES string of the molecule is C/C(=N/NC(=S)Nc1cccc(C(=O)O)c1)c1csc(-c2ccc(C(C)(C)C)cc2)c1O.NC(CO)(CO)CO. The predicted octanol–water partition coefficient (Wildman–Crippen LogP) is 3.49. The summed E-state index contributed by atoms with van der Waals surface area (Å²) >= 11 is 6.68. The quantitative estimate of drug-likeness (QED) is 0.110. The van der Waals surface area contributed by atoms with Gasteiger partial charge in [-0.15, -0.1) is 11.3 Å². The Balaban J connectivity index is 0.000000611. The lowest BCUT2D eigenvalue weighted by atomic mass is 9.86. The van der Waals surface area contributed by atoms with Crippen LogP contribution in [0.5, 0.6) is 5.75 Å². The number of nitrogens with two attached hydrogens (primary N) is 1. The van der Waals surface area contributed by atoms with Crippen molar-refractivity contribution in [3.63, 3.8) is 0 Å². The first-order valence-electron chi connectivity index (χ1n) is 12.2. The molecule has 10 nitrogen and oxygen atoms in total. The van der Waals surface area contributed by atoms with E-state index in [1.807, 2.05) is 17.5 Å². The molecule has 0 amide bonds. The van der Waals surface area contributed by atoms with Gasteiger partial charge in [-0.05, 0) is 53.9 Å². The molecule has 40 heavy (non-hydrogen) atoms. The molecule has 0 aliphatic carbocycles. The average Bonchev–Trinajstić information content (AvgIpc) is 3.32. The highest BCUT2D eigenvalue weighted by Gasteiger charge is 2.21. The summed E-state index contributed by atoms with van der Waals surface area (Å²) in [5.74, 6) is -0.840. The molecule has 0 radical (unpaired) electrons. The molecule has 0 fully saturated rings. The van der Waals surface area contributed by atoms with Gasteiger partial charge in [0.1, 0.15) is 5.75 Å². The molecular formula is C28H36N4O6S2. The number of aromatic carboxylic acids is 1. The number of nitrogens with one attached hydrogen (secondary N) is 2. The normalized spacial score (nSPS) is 11.8. The third-order valence-corrected chi connectivity index (χ3v) is 7.02. The van der Waals surface area contributed by atoms with Gasteiger partial charge in [-0.3, -0.25) is 5.43 Å². The molecule has 12 heteroatoms. The molecular weight excluding hydrogens is 552 g/mol. The first-order valence-corrected chi connectivity index (χ1v) is 13.5. The van der Waals surface area contributed by atoms with Crippen molar-refractivity contribution in [2.75, 3.05) is 25.1 Å². The van der Waals surface area contributed by atoms with E-state index in [1.54, 1.807) is 19.1 Å². The zero-order valence-corrected chi connectivity index (χ0v) is 24.4. The number of carboxylic acid groups (broad SMARTS) is 1. The molecule has 0 atom stereocenters. The van der Waals surface area contributed by atoms with Crippen LogP contribution in [-0.4, -0.2) is 67.7 Å². The van der Waals surface area contributed by atoms with E-state index >= 15 is 0 Å². The van der Waals surface area contributed by atoms with Gasteiger partial charge >= 0.3 is 5.97 Å². The van der Waals surface area contributed by atoms with Crippen LogP contribution in [0.1, 0.15) is 49.2 Å². The van der Waals surface area contributed by atoms with E-state index in [2.05, 4.69) is 48.7 Å². The van der Waals surface area contributed by atoms with Gasteiger partial charge in [-0.25, -0.2) is 4.79 Å². The van der Waals surface area contributed by atoms with Gasteiger partial charge in [-0.2, -0.15) is 5.10 Å². The fraction of sp³-hybridized carbons (Fsp3) is 0.321. The second kappa shape index (κ2) is 14.3. The number of aliphatic hydroxyl groups is 3. The highest BCUT2D eigenvalue weighted by atomic mass is 32.1. The van der Waals surface area contributed by atoms with Crippen LogP contribution in [0.3, 0.4) is 0 Å². The number of anilines is 1. The smallest absolute Gasteiger partial charge is 0.335 e. The van der Waals surface area contributed by atoms with E-state index in [1.165, 1.54) is 29.0 Å². The summed E-state index contributed by atoms with van der Waals surface area (Å²) in [6, 6.07) is 14.5. The third kappa shape index (κ3) is 9.08. The van der Waals surface area contributed by atoms with Crippen LogP contribution in [0.4, 0.5) is 5.69 Å². The van der Waals surface area contributed by atoms with Crippen molar-refractivity contribution in [3.8, 4) is 16.2 Å². The van der Waals surface area contributed by atoms with Crippen molar-refractivity contribution in [1.82, 2.24) is 5.43 Å². The van der Waals surface area contributed by atoms with Crippen molar-refractivity contribution in [1.29, 1.82) is 0 Å². The molecule has 0 saturated carbocycles. The van der Waals surface area contributed by atoms with E-state index in [4.69, 9.17) is 38.4 Å². The van der Waals surface area contributed by atoms with E-state index in [0.717, 1.165) is 10.4 Å². The first kappa shape index (κ1) is 32.8. The minimum Gasteiger partial charge on any atom is -0.506 e. The standard InChI is InChI=1S/C24H25N3O3S2.C4H11NO3/c1-14(26-27-23(31)25-18-7-5-6-16(12-18)22(29)30)19-13-32-21(20(19)28)15-8-10-17(11-9-15)24(2,3)4;5-4(1-6,2-7)3-8/h5-13,28H,1-4H3,(H,29,30)(H2,25,27,31);6-8H,1-3,5H2/b26-14-;. The number of thiophene rings is 1. The number of carboxylic acids is 1. The lowest BCUT2D eigenvalue weighted by molar-refractivity contribution is 0.0692. The Labute approximate surface area is 242 Å². The van der Waals surface area contributed by atoms with E-state index in [0.29, 0.717) is 17.0 Å². The second-order valence-electron chi connectivity index (χ2n) is 10.1. The Kier molecular flexibility index (Phi) is 11.7. The molecule has 1 aromatic heterocycles. The van der Waals surface area contributed by atoms with Crippen molar-refractivity contribution in [2.24, 2.45) is 10.8 Å². The number of thiocarbonyl (C=S) groups is 1. The molecule has 3 aromatic rings. The number of aliphatic hydroxyl groups excluding tert-OH is 3. The Bertz CT molecular complexity index is 1320. The minimum atomic E-state index is -1.21. The summed E-state index contributed by atoms with van der Waals surface area (Å²) in [6.45, 7) is 7.06. The number of hydrazone groups is 1. The average molecular weight is 589 g/mol. The van der Waals surface area contributed by atoms with Crippen molar-refractivity contribution in [3.05, 3.63) is 70.6 Å². The second-order valence-corrected chi connectivity index (χ2v) is 11.4. The van der Waals surface area contributed by atoms with E-state index in [9.17, 15) is 9.90 Å². The number of hydrogen-bond acceptors (Lipinski definition) is 9. The van der Waals surface area contributed by atoms with Crippen LogP contribution in [0.15, 0.2) is 59.0 Å². The van der Waals surface area contributed by atoms with Crippen LogP contribution in [-0.2, 0) is 5.41 Å². The molecule has 0 aliphatic rings. The molecule has 9 N–H and O–H groups in total. The molecule has 0 spiro atoms. The number of hydrogen-bond donors (Lipinski definition) is 8. The van der Waals surface area contributed by atoms with Gasteiger partial charge in [-0.1, -0.05) is 51.1 Å². The molecule has 0 saturated heterocycles. The molecule has 1 heterocycles. The Morgan fingerprint density at radius 2 is 1.65 bits per heavy atom. The highest BCUT2D eigenvalue weighted by Crippen LogP contribution is 2.39. The van der Waals surface area contributed by atoms with Gasteiger partial charge in [0.25, 0.3) is 0 Å². The maximum Gasteiger partial charge on any atom is 0.335 e. The lowest BCUT2D eigenvalue weighted by Gasteiger charge is -2.20. The van der Waals surface area contributed by atoms with E-state index < -0.39 is 31.3 Å². The van der Waals surface area contributed by atoms with Crippen molar-refractivity contribution >= 4 is 46.0 Å². The summed E-state index contributed by atoms with van der Waals surface area (Å²) in [7, 11) is 0. The Morgan fingerprint density at radius 1 is 1.05 bits per heavy atom. The zero-order valence-electron chi connectivity index (χ0n) is 22.8. The molecule has 0 bridgehead atoms. The highest BCUT2D eigenvalue weighted by molar-refractivity contribution is 7.80. The Hall–Kier alpha value is -3.39. The maximum absolute atomic E-state index is 11.1. The van der Waals surface area contributed by atoms with Crippen molar-refractivity contribution < 1.29 is 30.3 Å². The minimum absolute atomic E-state index is 0.0670. The molecule has 0 unspecified atom stereocenters. The number of benzene rings is 2. The zero-order chi connectivity index (χ0) is 30.1. The lowest BCUT2D eigenvalue weighted by Crippen LogP contribution is -2.50. The van der Waals surface area contributed by atoms with Gasteiger partial charge in [0.15, 0.2) is 5.11 Å². The monoisotopic (exact) mass is 588 g/mol. The molecule has 2 aromatic carbocycles. The van der Waals surface area contributed by atoms with Crippen molar-refractivity contribution in [2.45, 2.75) is 38.6 Å². The molecule has 0 aliphatic heterocycles. The first-order chi connectivity index (χ1) is 18.7. The summed E-state index contributed by atoms with van der Waals surface area (Å²) in [5, 5.41) is 54.1. The molecule has 216 valence electrons. The van der Waals surface area contributed by atoms with Gasteiger partial charge in [0.2, 0.25) is 0 Å². The summed E-state index contributed by atoms with van der Waals surface area (Å²) in [6.07, 6.45) is 0. The van der Waals surface area contributed by atoms with E-state index in [-0.39, 0.29) is 21.8 Å². The number of aromatic hydroxyl groups is 1. The van der Waals surface area contributed by atoms with Crippen LogP contribution in [0.25, 0.3) is 10.4 Å². The number of nitrogens with zero attached hydrogens (tertiary/aromatic N) is 1. The summed E-state index contributed by atoms with van der Waals surface area (Å²) in [5.41, 5.74) is 10.8. The van der Waals surface area contributed by atoms with Gasteiger partial charge in [0, 0.05) is 11.1 Å². The Morgan fingerprint density at radius 3 is 2.15 bits per heavy atom.